The number of esters is 1. The van der Waals surface area contributed by atoms with Crippen molar-refractivity contribution in [2.24, 2.45) is 0 Å². The van der Waals surface area contributed by atoms with Crippen LogP contribution < -0.4 is 0 Å². The van der Waals surface area contributed by atoms with Gasteiger partial charge in [-0.15, -0.1) is 0 Å². The molecular weight excluding hydrogens is 192 g/mol. The fourth-order valence-electron chi connectivity index (χ4n) is 0.809. The molecule has 0 saturated heterocycles. The van der Waals surface area contributed by atoms with Crippen LogP contribution in [0.5, 0.6) is 0 Å². The lowest BCUT2D eigenvalue weighted by atomic mass is 10.2. The van der Waals surface area contributed by atoms with Crippen molar-refractivity contribution in [3.05, 3.63) is 35.5 Å². The highest BCUT2D eigenvalue weighted by Gasteiger charge is 1.94. The molecule has 82 valence electrons. The van der Waals surface area contributed by atoms with Gasteiger partial charge in [-0.05, 0) is 31.9 Å². The highest BCUT2D eigenvalue weighted by molar-refractivity contribution is 5.83. The summed E-state index contributed by atoms with van der Waals surface area (Å²) >= 11 is 0. The van der Waals surface area contributed by atoms with Gasteiger partial charge in [-0.1, -0.05) is 18.2 Å². The molecule has 0 unspecified atom stereocenters. The first kappa shape index (κ1) is 13.4. The molecule has 0 saturated carbocycles. The van der Waals surface area contributed by atoms with Crippen LogP contribution >= 0.6 is 0 Å². The molecule has 0 atom stereocenters. The molecule has 0 aromatic heterocycles. The standard InChI is InChI=1S/C12H16O3/c1-4-15-12(14)8-10(2)6-5-7-11(3)9-13/h5-9H,4H2,1-3H3/b6-5+,10-8+,11-7+. The second-order valence-electron chi connectivity index (χ2n) is 3.03. The fourth-order valence-corrected chi connectivity index (χ4v) is 0.809. The summed E-state index contributed by atoms with van der Waals surface area (Å²) in [5.74, 6) is -0.351. The number of rotatable bonds is 5. The summed E-state index contributed by atoms with van der Waals surface area (Å²) < 4.78 is 4.74. The maximum absolute atomic E-state index is 11.0. The zero-order valence-electron chi connectivity index (χ0n) is 9.32. The van der Waals surface area contributed by atoms with Gasteiger partial charge in [0.1, 0.15) is 6.29 Å². The van der Waals surface area contributed by atoms with E-state index < -0.39 is 0 Å². The Labute approximate surface area is 90.1 Å². The molecule has 0 fully saturated rings. The molecule has 0 heterocycles. The molecule has 3 nitrogen and oxygen atoms in total. The number of carbonyl (C=O) groups is 2. The summed E-state index contributed by atoms with van der Waals surface area (Å²) in [5, 5.41) is 0. The third kappa shape index (κ3) is 7.43. The predicted octanol–water partition coefficient (Wildman–Crippen LogP) is 2.20. The molecule has 0 aliphatic carbocycles. The summed E-state index contributed by atoms with van der Waals surface area (Å²) in [5.41, 5.74) is 1.42. The fraction of sp³-hybridized carbons (Fsp3) is 0.333. The van der Waals surface area contributed by atoms with Gasteiger partial charge in [-0.3, -0.25) is 4.79 Å². The molecular formula is C12H16O3. The van der Waals surface area contributed by atoms with Crippen LogP contribution in [0.1, 0.15) is 20.8 Å². The van der Waals surface area contributed by atoms with Crippen molar-refractivity contribution in [3.63, 3.8) is 0 Å². The van der Waals surface area contributed by atoms with Crippen LogP contribution in [-0.2, 0) is 14.3 Å². The van der Waals surface area contributed by atoms with Crippen molar-refractivity contribution in [2.45, 2.75) is 20.8 Å². The van der Waals surface area contributed by atoms with E-state index in [2.05, 4.69) is 0 Å². The minimum Gasteiger partial charge on any atom is -0.463 e. The largest absolute Gasteiger partial charge is 0.463 e. The van der Waals surface area contributed by atoms with Gasteiger partial charge >= 0.3 is 5.97 Å². The van der Waals surface area contributed by atoms with Crippen molar-refractivity contribution >= 4 is 12.3 Å². The first-order valence-electron chi connectivity index (χ1n) is 4.75. The molecule has 3 heteroatoms. The van der Waals surface area contributed by atoms with Gasteiger partial charge in [-0.2, -0.15) is 0 Å². The zero-order chi connectivity index (χ0) is 11.7. The van der Waals surface area contributed by atoms with Crippen LogP contribution in [0.2, 0.25) is 0 Å². The average molecular weight is 208 g/mol. The summed E-state index contributed by atoms with van der Waals surface area (Å²) in [7, 11) is 0. The lowest BCUT2D eigenvalue weighted by Gasteiger charge is -1.95. The smallest absolute Gasteiger partial charge is 0.330 e. The van der Waals surface area contributed by atoms with Gasteiger partial charge in [0, 0.05) is 6.08 Å². The Hall–Kier alpha value is -1.64. The Morgan fingerprint density at radius 3 is 2.47 bits per heavy atom. The molecule has 0 bridgehead atoms. The first-order valence-corrected chi connectivity index (χ1v) is 4.75. The number of hydrogen-bond donors (Lipinski definition) is 0. The van der Waals surface area contributed by atoms with E-state index in [0.29, 0.717) is 12.2 Å². The molecule has 0 aromatic carbocycles. The van der Waals surface area contributed by atoms with Crippen LogP contribution in [0.3, 0.4) is 0 Å². The summed E-state index contributed by atoms with van der Waals surface area (Å²) in [6.45, 7) is 5.63. The van der Waals surface area contributed by atoms with Crippen molar-refractivity contribution in [3.8, 4) is 0 Å². The first-order chi connectivity index (χ1) is 7.10. The molecule has 15 heavy (non-hydrogen) atoms. The SMILES string of the molecule is CCOC(=O)/C=C(C)/C=C/C=C(\C)C=O. The third-order valence-electron chi connectivity index (χ3n) is 1.54. The molecule has 0 aromatic rings. The minimum atomic E-state index is -0.351. The number of allylic oxidation sites excluding steroid dienone is 5. The Morgan fingerprint density at radius 2 is 1.93 bits per heavy atom. The number of carbonyl (C=O) groups excluding carboxylic acids is 2. The van der Waals surface area contributed by atoms with E-state index in [1.165, 1.54) is 6.08 Å². The molecule has 0 amide bonds. The average Bonchev–Trinajstić information content (AvgIpc) is 2.17. The second kappa shape index (κ2) is 7.74. The molecule has 0 aliphatic heterocycles. The van der Waals surface area contributed by atoms with Gasteiger partial charge in [0.05, 0.1) is 6.61 Å². The van der Waals surface area contributed by atoms with Crippen LogP contribution in [-0.4, -0.2) is 18.9 Å². The van der Waals surface area contributed by atoms with Gasteiger partial charge in [0.15, 0.2) is 0 Å². The Morgan fingerprint density at radius 1 is 1.27 bits per heavy atom. The number of aldehydes is 1. The second-order valence-corrected chi connectivity index (χ2v) is 3.03. The predicted molar refractivity (Wildman–Crippen MR) is 59.4 cm³/mol. The van der Waals surface area contributed by atoms with Crippen molar-refractivity contribution in [1.82, 2.24) is 0 Å². The van der Waals surface area contributed by atoms with Crippen molar-refractivity contribution < 1.29 is 14.3 Å². The summed E-state index contributed by atoms with van der Waals surface area (Å²) in [6, 6.07) is 0. The Kier molecular flexibility index (Phi) is 6.89. The maximum Gasteiger partial charge on any atom is 0.330 e. The molecule has 0 N–H and O–H groups in total. The summed E-state index contributed by atoms with van der Waals surface area (Å²) in [6.07, 6.45) is 7.31. The van der Waals surface area contributed by atoms with E-state index >= 15 is 0 Å². The molecule has 0 radical (unpaired) electrons. The maximum atomic E-state index is 11.0. The Balaban J connectivity index is 4.29. The van der Waals surface area contributed by atoms with Crippen molar-refractivity contribution in [1.29, 1.82) is 0 Å². The summed E-state index contributed by atoms with van der Waals surface area (Å²) in [4.78, 5) is 21.3. The monoisotopic (exact) mass is 208 g/mol. The third-order valence-corrected chi connectivity index (χ3v) is 1.54. The van der Waals surface area contributed by atoms with E-state index in [-0.39, 0.29) is 5.97 Å². The molecule has 0 rings (SSSR count). The molecule has 0 aliphatic rings. The van der Waals surface area contributed by atoms with Crippen LogP contribution in [0.4, 0.5) is 0 Å². The minimum absolute atomic E-state index is 0.351. The van der Waals surface area contributed by atoms with E-state index in [1.807, 2.05) is 0 Å². The molecule has 0 spiro atoms. The highest BCUT2D eigenvalue weighted by atomic mass is 16.5. The number of ether oxygens (including phenoxy) is 1. The zero-order valence-corrected chi connectivity index (χ0v) is 9.32. The lowest BCUT2D eigenvalue weighted by Crippen LogP contribution is -1.99. The Bertz CT molecular complexity index is 309. The number of hydrogen-bond acceptors (Lipinski definition) is 3. The topological polar surface area (TPSA) is 43.4 Å². The van der Waals surface area contributed by atoms with E-state index in [0.717, 1.165) is 11.9 Å². The highest BCUT2D eigenvalue weighted by Crippen LogP contribution is 1.97. The lowest BCUT2D eigenvalue weighted by molar-refractivity contribution is -0.137. The van der Waals surface area contributed by atoms with E-state index in [4.69, 9.17) is 4.74 Å². The van der Waals surface area contributed by atoms with Crippen LogP contribution in [0.25, 0.3) is 0 Å². The van der Waals surface area contributed by atoms with Gasteiger partial charge in [0.25, 0.3) is 0 Å². The van der Waals surface area contributed by atoms with Crippen LogP contribution in [0, 0.1) is 0 Å². The van der Waals surface area contributed by atoms with Crippen molar-refractivity contribution in [2.75, 3.05) is 6.61 Å². The van der Waals surface area contributed by atoms with E-state index in [1.54, 1.807) is 39.0 Å². The van der Waals surface area contributed by atoms with Gasteiger partial charge in [0.2, 0.25) is 0 Å². The normalized spacial score (nSPS) is 13.0. The van der Waals surface area contributed by atoms with Gasteiger partial charge in [-0.25, -0.2) is 4.79 Å². The van der Waals surface area contributed by atoms with Crippen LogP contribution in [0.15, 0.2) is 35.5 Å². The quantitative estimate of drug-likeness (QED) is 0.301. The van der Waals surface area contributed by atoms with Gasteiger partial charge < -0.3 is 4.74 Å². The van der Waals surface area contributed by atoms with E-state index in [9.17, 15) is 9.59 Å².